The Hall–Kier alpha value is 0.130. The molecule has 1 aliphatic carbocycles. The summed E-state index contributed by atoms with van der Waals surface area (Å²) in [6.07, 6.45) is 4.95. The van der Waals surface area contributed by atoms with Crippen molar-refractivity contribution in [2.24, 2.45) is 5.41 Å². The second-order valence-corrected chi connectivity index (χ2v) is 8.38. The second kappa shape index (κ2) is 5.41. The van der Waals surface area contributed by atoms with E-state index in [0.29, 0.717) is 5.41 Å². The average Bonchev–Trinajstić information content (AvgIpc) is 2.57. The van der Waals surface area contributed by atoms with Crippen LogP contribution in [0.3, 0.4) is 0 Å². The summed E-state index contributed by atoms with van der Waals surface area (Å²) in [4.78, 5) is 12.0. The highest BCUT2D eigenvalue weighted by Gasteiger charge is 2.35. The van der Waals surface area contributed by atoms with Crippen LogP contribution in [0, 0.1) is 5.41 Å². The standard InChI is InChI=1S/C12H15Br2NOS/c1-2-12(4-3-5-12)7-15-11(16)8-6-9(13)17-10(8)14/h6H,2-5,7H2,1H3,(H,15,16). The normalized spacial score (nSPS) is 17.6. The fourth-order valence-corrected chi connectivity index (χ4v) is 4.98. The predicted octanol–water partition coefficient (Wildman–Crippen LogP) is 4.58. The monoisotopic (exact) mass is 379 g/mol. The third-order valence-corrected chi connectivity index (χ3v) is 6.03. The number of halogens is 2. The maximum absolute atomic E-state index is 12.0. The molecule has 0 aliphatic heterocycles. The lowest BCUT2D eigenvalue weighted by atomic mass is 9.67. The van der Waals surface area contributed by atoms with Crippen molar-refractivity contribution < 1.29 is 4.79 Å². The Labute approximate surface area is 122 Å². The van der Waals surface area contributed by atoms with Crippen LogP contribution in [-0.4, -0.2) is 12.5 Å². The number of hydrogen-bond donors (Lipinski definition) is 1. The molecule has 17 heavy (non-hydrogen) atoms. The van der Waals surface area contributed by atoms with Gasteiger partial charge in [-0.25, -0.2) is 0 Å². The number of rotatable bonds is 4. The molecule has 1 N–H and O–H groups in total. The first-order valence-electron chi connectivity index (χ1n) is 5.79. The number of thiophene rings is 1. The first-order chi connectivity index (χ1) is 8.06. The van der Waals surface area contributed by atoms with Crippen molar-refractivity contribution in [3.8, 4) is 0 Å². The van der Waals surface area contributed by atoms with E-state index in [4.69, 9.17) is 0 Å². The van der Waals surface area contributed by atoms with E-state index in [9.17, 15) is 4.79 Å². The summed E-state index contributed by atoms with van der Waals surface area (Å²) >= 11 is 8.33. The fourth-order valence-electron chi connectivity index (χ4n) is 2.19. The van der Waals surface area contributed by atoms with Gasteiger partial charge in [0.15, 0.2) is 0 Å². The van der Waals surface area contributed by atoms with E-state index in [1.165, 1.54) is 30.6 Å². The minimum Gasteiger partial charge on any atom is -0.351 e. The number of hydrogen-bond acceptors (Lipinski definition) is 2. The number of amides is 1. The summed E-state index contributed by atoms with van der Waals surface area (Å²) < 4.78 is 1.87. The molecule has 94 valence electrons. The van der Waals surface area contributed by atoms with Crippen molar-refractivity contribution >= 4 is 49.1 Å². The Kier molecular flexibility index (Phi) is 4.31. The smallest absolute Gasteiger partial charge is 0.253 e. The van der Waals surface area contributed by atoms with Crippen molar-refractivity contribution in [3.05, 3.63) is 19.2 Å². The molecule has 1 fully saturated rings. The highest BCUT2D eigenvalue weighted by atomic mass is 79.9. The van der Waals surface area contributed by atoms with Gasteiger partial charge in [-0.2, -0.15) is 0 Å². The molecule has 0 bridgehead atoms. The summed E-state index contributed by atoms with van der Waals surface area (Å²) in [5.74, 6) is 0.0264. The molecule has 2 nitrogen and oxygen atoms in total. The highest BCUT2D eigenvalue weighted by molar-refractivity contribution is 9.12. The van der Waals surface area contributed by atoms with Crippen molar-refractivity contribution in [3.63, 3.8) is 0 Å². The lowest BCUT2D eigenvalue weighted by Crippen LogP contribution is -2.41. The van der Waals surface area contributed by atoms with Crippen molar-refractivity contribution in [1.29, 1.82) is 0 Å². The summed E-state index contributed by atoms with van der Waals surface area (Å²) in [5.41, 5.74) is 1.10. The molecule has 0 saturated heterocycles. The zero-order chi connectivity index (χ0) is 12.5. The molecular formula is C12H15Br2NOS. The predicted molar refractivity (Wildman–Crippen MR) is 78.6 cm³/mol. The third-order valence-electron chi connectivity index (χ3n) is 3.69. The van der Waals surface area contributed by atoms with Gasteiger partial charge >= 0.3 is 0 Å². The topological polar surface area (TPSA) is 29.1 Å². The lowest BCUT2D eigenvalue weighted by molar-refractivity contribution is 0.0850. The van der Waals surface area contributed by atoms with Crippen LogP contribution in [0.4, 0.5) is 0 Å². The Morgan fingerprint density at radius 2 is 2.24 bits per heavy atom. The van der Waals surface area contributed by atoms with Gasteiger partial charge in [0.25, 0.3) is 5.91 Å². The van der Waals surface area contributed by atoms with Crippen molar-refractivity contribution in [2.45, 2.75) is 32.6 Å². The van der Waals surface area contributed by atoms with Gasteiger partial charge in [-0.15, -0.1) is 11.3 Å². The first kappa shape index (κ1) is 13.6. The highest BCUT2D eigenvalue weighted by Crippen LogP contribution is 2.43. The van der Waals surface area contributed by atoms with E-state index in [1.807, 2.05) is 6.07 Å². The van der Waals surface area contributed by atoms with E-state index in [-0.39, 0.29) is 5.91 Å². The van der Waals surface area contributed by atoms with Crippen LogP contribution in [0.15, 0.2) is 13.6 Å². The van der Waals surface area contributed by atoms with E-state index < -0.39 is 0 Å². The molecule has 0 aromatic carbocycles. The van der Waals surface area contributed by atoms with Crippen LogP contribution in [0.1, 0.15) is 43.0 Å². The molecule has 1 aliphatic rings. The zero-order valence-electron chi connectivity index (χ0n) is 9.69. The zero-order valence-corrected chi connectivity index (χ0v) is 13.7. The SMILES string of the molecule is CCC1(CNC(=O)c2cc(Br)sc2Br)CCC1. The second-order valence-electron chi connectivity index (χ2n) is 4.63. The molecular weight excluding hydrogens is 366 g/mol. The Balaban J connectivity index is 1.95. The summed E-state index contributed by atoms with van der Waals surface area (Å²) in [6.45, 7) is 3.02. The number of nitrogens with one attached hydrogen (secondary N) is 1. The molecule has 2 rings (SSSR count). The molecule has 1 aromatic rings. The van der Waals surface area contributed by atoms with E-state index in [1.54, 1.807) is 0 Å². The van der Waals surface area contributed by atoms with E-state index >= 15 is 0 Å². The van der Waals surface area contributed by atoms with Crippen molar-refractivity contribution in [1.82, 2.24) is 5.32 Å². The number of carbonyl (C=O) groups is 1. The van der Waals surface area contributed by atoms with E-state index in [0.717, 1.165) is 26.1 Å². The van der Waals surface area contributed by atoms with Crippen LogP contribution in [0.25, 0.3) is 0 Å². The summed E-state index contributed by atoms with van der Waals surface area (Å²) in [6, 6.07) is 1.86. The lowest BCUT2D eigenvalue weighted by Gasteiger charge is -2.41. The van der Waals surface area contributed by atoms with Crippen LogP contribution >= 0.6 is 43.2 Å². The molecule has 0 atom stereocenters. The number of carbonyl (C=O) groups excluding carboxylic acids is 1. The summed E-state index contributed by atoms with van der Waals surface area (Å²) in [7, 11) is 0. The van der Waals surface area contributed by atoms with Crippen molar-refractivity contribution in [2.75, 3.05) is 6.54 Å². The van der Waals surface area contributed by atoms with Crippen LogP contribution in [-0.2, 0) is 0 Å². The van der Waals surface area contributed by atoms with Gasteiger partial charge in [0.1, 0.15) is 0 Å². The maximum Gasteiger partial charge on any atom is 0.253 e. The van der Waals surface area contributed by atoms with Crippen LogP contribution in [0.2, 0.25) is 0 Å². The van der Waals surface area contributed by atoms with Gasteiger partial charge in [-0.05, 0) is 62.6 Å². The Morgan fingerprint density at radius 1 is 1.53 bits per heavy atom. The van der Waals surface area contributed by atoms with Gasteiger partial charge in [0.2, 0.25) is 0 Å². The van der Waals surface area contributed by atoms with Gasteiger partial charge in [0, 0.05) is 6.54 Å². The fraction of sp³-hybridized carbons (Fsp3) is 0.583. The molecule has 1 amide bonds. The quantitative estimate of drug-likeness (QED) is 0.813. The molecule has 0 spiro atoms. The van der Waals surface area contributed by atoms with Crippen LogP contribution in [0.5, 0.6) is 0 Å². The minimum atomic E-state index is 0.0264. The molecule has 1 heterocycles. The van der Waals surface area contributed by atoms with Crippen LogP contribution < -0.4 is 5.32 Å². The van der Waals surface area contributed by atoms with E-state index in [2.05, 4.69) is 44.1 Å². The molecule has 1 saturated carbocycles. The largest absolute Gasteiger partial charge is 0.351 e. The minimum absolute atomic E-state index is 0.0264. The molecule has 1 aromatic heterocycles. The Bertz CT molecular complexity index is 421. The van der Waals surface area contributed by atoms with Gasteiger partial charge in [-0.1, -0.05) is 13.3 Å². The van der Waals surface area contributed by atoms with Gasteiger partial charge < -0.3 is 5.32 Å². The van der Waals surface area contributed by atoms with Gasteiger partial charge in [0.05, 0.1) is 13.1 Å². The Morgan fingerprint density at radius 3 is 2.65 bits per heavy atom. The average molecular weight is 381 g/mol. The van der Waals surface area contributed by atoms with Gasteiger partial charge in [-0.3, -0.25) is 4.79 Å². The molecule has 5 heteroatoms. The molecule has 0 radical (unpaired) electrons. The first-order valence-corrected chi connectivity index (χ1v) is 8.20. The summed E-state index contributed by atoms with van der Waals surface area (Å²) in [5, 5.41) is 3.06. The third kappa shape index (κ3) is 2.93. The maximum atomic E-state index is 12.0. The molecule has 0 unspecified atom stereocenters.